The molecule has 0 unspecified atom stereocenters. The highest BCUT2D eigenvalue weighted by atomic mass is 79.9. The number of benzene rings is 1. The zero-order valence-corrected chi connectivity index (χ0v) is 9.84. The summed E-state index contributed by atoms with van der Waals surface area (Å²) in [6.07, 6.45) is -0.367. The van der Waals surface area contributed by atoms with Crippen molar-refractivity contribution in [2.24, 2.45) is 0 Å². The summed E-state index contributed by atoms with van der Waals surface area (Å²) in [5.74, 6) is 0.793. The van der Waals surface area contributed by atoms with Crippen molar-refractivity contribution in [3.8, 4) is 5.75 Å². The van der Waals surface area contributed by atoms with Crippen LogP contribution >= 0.6 is 15.9 Å². The molecular formula is C10H14BrNO2. The fraction of sp³-hybridized carbons (Fsp3) is 0.400. The molecule has 0 amide bonds. The number of halogens is 1. The number of aliphatic hydroxyl groups is 1. The number of rotatable bonds is 4. The minimum Gasteiger partial charge on any atom is -0.497 e. The second-order valence-electron chi connectivity index (χ2n) is 3.08. The third kappa shape index (κ3) is 3.20. The van der Waals surface area contributed by atoms with Crippen molar-refractivity contribution >= 4 is 21.6 Å². The maximum Gasteiger partial charge on any atom is 0.121 e. The van der Waals surface area contributed by atoms with Gasteiger partial charge in [0.05, 0.1) is 18.9 Å². The summed E-state index contributed by atoms with van der Waals surface area (Å²) in [5, 5.41) is 12.2. The Morgan fingerprint density at radius 1 is 1.57 bits per heavy atom. The summed E-state index contributed by atoms with van der Waals surface area (Å²) in [6, 6.07) is 5.66. The Morgan fingerprint density at radius 2 is 2.29 bits per heavy atom. The predicted molar refractivity (Wildman–Crippen MR) is 60.9 cm³/mol. The quantitative estimate of drug-likeness (QED) is 0.872. The van der Waals surface area contributed by atoms with E-state index in [0.717, 1.165) is 15.9 Å². The summed E-state index contributed by atoms with van der Waals surface area (Å²) < 4.78 is 6.05. The van der Waals surface area contributed by atoms with Gasteiger partial charge in [-0.1, -0.05) is 0 Å². The van der Waals surface area contributed by atoms with E-state index in [-0.39, 0.29) is 6.10 Å². The van der Waals surface area contributed by atoms with Crippen LogP contribution < -0.4 is 10.1 Å². The van der Waals surface area contributed by atoms with Gasteiger partial charge >= 0.3 is 0 Å². The first-order valence-electron chi connectivity index (χ1n) is 4.39. The van der Waals surface area contributed by atoms with E-state index in [0.29, 0.717) is 6.54 Å². The lowest BCUT2D eigenvalue weighted by atomic mass is 10.3. The first-order chi connectivity index (χ1) is 6.63. The van der Waals surface area contributed by atoms with Gasteiger partial charge in [0.1, 0.15) is 5.75 Å². The number of nitrogens with one attached hydrogen (secondary N) is 1. The number of anilines is 1. The van der Waals surface area contributed by atoms with Gasteiger partial charge in [-0.25, -0.2) is 0 Å². The first kappa shape index (κ1) is 11.3. The minimum atomic E-state index is -0.367. The van der Waals surface area contributed by atoms with Crippen molar-refractivity contribution in [2.75, 3.05) is 19.0 Å². The van der Waals surface area contributed by atoms with Gasteiger partial charge in [0.2, 0.25) is 0 Å². The molecule has 4 heteroatoms. The van der Waals surface area contributed by atoms with Crippen LogP contribution in [-0.4, -0.2) is 24.9 Å². The van der Waals surface area contributed by atoms with Gasteiger partial charge in [0, 0.05) is 17.1 Å². The van der Waals surface area contributed by atoms with Gasteiger partial charge in [-0.3, -0.25) is 0 Å². The maximum atomic E-state index is 9.12. The Labute approximate surface area is 92.2 Å². The van der Waals surface area contributed by atoms with Crippen molar-refractivity contribution in [1.82, 2.24) is 0 Å². The fourth-order valence-electron chi connectivity index (χ4n) is 1.02. The molecular weight excluding hydrogens is 246 g/mol. The zero-order chi connectivity index (χ0) is 10.6. The largest absolute Gasteiger partial charge is 0.497 e. The molecule has 0 fully saturated rings. The number of methoxy groups -OCH3 is 1. The highest BCUT2D eigenvalue weighted by Crippen LogP contribution is 2.26. The van der Waals surface area contributed by atoms with Gasteiger partial charge in [0.15, 0.2) is 0 Å². The second kappa shape index (κ2) is 5.22. The summed E-state index contributed by atoms with van der Waals surface area (Å²) in [5.41, 5.74) is 0.922. The lowest BCUT2D eigenvalue weighted by Gasteiger charge is -2.11. The van der Waals surface area contributed by atoms with Crippen LogP contribution in [0.2, 0.25) is 0 Å². The Morgan fingerprint density at radius 3 is 2.86 bits per heavy atom. The summed E-state index contributed by atoms with van der Waals surface area (Å²) >= 11 is 3.41. The number of hydrogen-bond donors (Lipinski definition) is 2. The molecule has 1 atom stereocenters. The Balaban J connectivity index is 2.73. The topological polar surface area (TPSA) is 41.5 Å². The second-order valence-corrected chi connectivity index (χ2v) is 3.93. The molecule has 0 radical (unpaired) electrons. The molecule has 0 saturated heterocycles. The monoisotopic (exact) mass is 259 g/mol. The molecule has 0 bridgehead atoms. The molecule has 0 heterocycles. The van der Waals surface area contributed by atoms with Crippen LogP contribution in [0.15, 0.2) is 22.7 Å². The van der Waals surface area contributed by atoms with Crippen LogP contribution in [0.1, 0.15) is 6.92 Å². The molecule has 1 aromatic rings. The van der Waals surface area contributed by atoms with Crippen LogP contribution in [-0.2, 0) is 0 Å². The van der Waals surface area contributed by atoms with Gasteiger partial charge in [-0.15, -0.1) is 0 Å². The lowest BCUT2D eigenvalue weighted by Crippen LogP contribution is -2.15. The van der Waals surface area contributed by atoms with Gasteiger partial charge < -0.3 is 15.2 Å². The third-order valence-electron chi connectivity index (χ3n) is 1.76. The molecule has 78 valence electrons. The van der Waals surface area contributed by atoms with E-state index in [4.69, 9.17) is 9.84 Å². The maximum absolute atomic E-state index is 9.12. The Bertz CT molecular complexity index is 302. The van der Waals surface area contributed by atoms with E-state index < -0.39 is 0 Å². The van der Waals surface area contributed by atoms with Crippen LogP contribution in [0.4, 0.5) is 5.69 Å². The van der Waals surface area contributed by atoms with Crippen molar-refractivity contribution in [3.05, 3.63) is 22.7 Å². The van der Waals surface area contributed by atoms with E-state index in [9.17, 15) is 0 Å². The highest BCUT2D eigenvalue weighted by molar-refractivity contribution is 9.10. The molecule has 1 aromatic carbocycles. The van der Waals surface area contributed by atoms with E-state index >= 15 is 0 Å². The van der Waals surface area contributed by atoms with Crippen LogP contribution in [0.5, 0.6) is 5.75 Å². The van der Waals surface area contributed by atoms with Gasteiger partial charge in [-0.2, -0.15) is 0 Å². The minimum absolute atomic E-state index is 0.367. The zero-order valence-electron chi connectivity index (χ0n) is 8.25. The van der Waals surface area contributed by atoms with Gasteiger partial charge in [0.25, 0.3) is 0 Å². The number of ether oxygens (including phenoxy) is 1. The highest BCUT2D eigenvalue weighted by Gasteiger charge is 2.02. The number of hydrogen-bond acceptors (Lipinski definition) is 3. The molecule has 1 rings (SSSR count). The van der Waals surface area contributed by atoms with Crippen LogP contribution in [0.25, 0.3) is 0 Å². The Kier molecular flexibility index (Phi) is 4.22. The molecule has 0 aliphatic rings. The number of aliphatic hydroxyl groups excluding tert-OH is 1. The van der Waals surface area contributed by atoms with Crippen molar-refractivity contribution in [1.29, 1.82) is 0 Å². The molecule has 14 heavy (non-hydrogen) atoms. The molecule has 0 aliphatic carbocycles. The van der Waals surface area contributed by atoms with Crippen molar-refractivity contribution < 1.29 is 9.84 Å². The molecule has 0 aliphatic heterocycles. The molecule has 0 spiro atoms. The van der Waals surface area contributed by atoms with Gasteiger partial charge in [-0.05, 0) is 35.0 Å². The first-order valence-corrected chi connectivity index (χ1v) is 5.18. The lowest BCUT2D eigenvalue weighted by molar-refractivity contribution is 0.208. The summed E-state index contributed by atoms with van der Waals surface area (Å²) in [6.45, 7) is 2.26. The van der Waals surface area contributed by atoms with E-state index in [1.165, 1.54) is 0 Å². The summed E-state index contributed by atoms with van der Waals surface area (Å²) in [4.78, 5) is 0. The van der Waals surface area contributed by atoms with E-state index in [2.05, 4.69) is 21.2 Å². The molecule has 2 N–H and O–H groups in total. The van der Waals surface area contributed by atoms with E-state index in [1.807, 2.05) is 18.2 Å². The molecule has 0 saturated carbocycles. The standard InChI is InChI=1S/C10H14BrNO2/c1-7(13)6-12-10-5-8(14-2)3-4-9(10)11/h3-5,7,12-13H,6H2,1-2H3/t7-/m1/s1. The average Bonchev–Trinajstić information content (AvgIpc) is 2.16. The SMILES string of the molecule is COc1ccc(Br)c(NC[C@@H](C)O)c1. The van der Waals surface area contributed by atoms with Crippen LogP contribution in [0.3, 0.4) is 0 Å². The van der Waals surface area contributed by atoms with Crippen molar-refractivity contribution in [2.45, 2.75) is 13.0 Å². The van der Waals surface area contributed by atoms with Crippen molar-refractivity contribution in [3.63, 3.8) is 0 Å². The Hall–Kier alpha value is -0.740. The van der Waals surface area contributed by atoms with E-state index in [1.54, 1.807) is 14.0 Å². The van der Waals surface area contributed by atoms with Crippen LogP contribution in [0, 0.1) is 0 Å². The predicted octanol–water partition coefficient (Wildman–Crippen LogP) is 2.25. The fourth-order valence-corrected chi connectivity index (χ4v) is 1.41. The third-order valence-corrected chi connectivity index (χ3v) is 2.45. The smallest absolute Gasteiger partial charge is 0.121 e. The molecule has 0 aromatic heterocycles. The summed E-state index contributed by atoms with van der Waals surface area (Å²) in [7, 11) is 1.63. The molecule has 3 nitrogen and oxygen atoms in total. The normalized spacial score (nSPS) is 12.3. The average molecular weight is 260 g/mol.